The van der Waals surface area contributed by atoms with E-state index in [0.717, 1.165) is 36.3 Å². The Morgan fingerprint density at radius 2 is 1.61 bits per heavy atom. The molecular formula is C16H30N2. The molecule has 3 unspecified atom stereocenters. The molecule has 0 aromatic carbocycles. The number of fused-ring (bicyclic) bond motifs is 1. The Morgan fingerprint density at radius 1 is 1.00 bits per heavy atom. The van der Waals surface area contributed by atoms with E-state index in [-0.39, 0.29) is 0 Å². The molecule has 0 aromatic heterocycles. The molecule has 4 bridgehead atoms. The molecule has 4 fully saturated rings. The Hall–Kier alpha value is -0.0800. The van der Waals surface area contributed by atoms with Gasteiger partial charge in [0.05, 0.1) is 0 Å². The lowest BCUT2D eigenvalue weighted by Gasteiger charge is -2.41. The smallest absolute Gasteiger partial charge is 0.0223 e. The van der Waals surface area contributed by atoms with Crippen molar-refractivity contribution in [2.24, 2.45) is 29.4 Å². The fourth-order valence-electron chi connectivity index (χ4n) is 5.18. The summed E-state index contributed by atoms with van der Waals surface area (Å²) in [6, 6.07) is 1.52. The van der Waals surface area contributed by atoms with Gasteiger partial charge in [-0.05, 0) is 62.2 Å². The van der Waals surface area contributed by atoms with Crippen LogP contribution in [0.1, 0.15) is 52.4 Å². The van der Waals surface area contributed by atoms with Gasteiger partial charge >= 0.3 is 0 Å². The molecule has 2 nitrogen and oxygen atoms in total. The van der Waals surface area contributed by atoms with Crippen molar-refractivity contribution in [3.8, 4) is 0 Å². The predicted octanol–water partition coefficient (Wildman–Crippen LogP) is 2.87. The highest BCUT2D eigenvalue weighted by molar-refractivity contribution is 4.97. The first kappa shape index (κ1) is 12.9. The average molecular weight is 250 g/mol. The number of hydrogen-bond donors (Lipinski definition) is 1. The SMILES string of the molecule is CC(C)CC(CN)N1CC2CC3CC(C2)CC1C3. The molecule has 0 aromatic rings. The van der Waals surface area contributed by atoms with E-state index >= 15 is 0 Å². The van der Waals surface area contributed by atoms with Crippen LogP contribution < -0.4 is 5.73 Å². The molecule has 3 atom stereocenters. The summed E-state index contributed by atoms with van der Waals surface area (Å²) in [5.74, 6) is 3.86. The van der Waals surface area contributed by atoms with Gasteiger partial charge in [-0.3, -0.25) is 4.90 Å². The molecule has 2 aliphatic heterocycles. The molecule has 4 aliphatic rings. The van der Waals surface area contributed by atoms with Gasteiger partial charge in [0.25, 0.3) is 0 Å². The van der Waals surface area contributed by atoms with Crippen molar-refractivity contribution >= 4 is 0 Å². The summed E-state index contributed by atoms with van der Waals surface area (Å²) >= 11 is 0. The van der Waals surface area contributed by atoms with Gasteiger partial charge in [0.15, 0.2) is 0 Å². The summed E-state index contributed by atoms with van der Waals surface area (Å²) in [6.45, 7) is 6.89. The molecule has 104 valence electrons. The second-order valence-electron chi connectivity index (χ2n) is 7.65. The van der Waals surface area contributed by atoms with E-state index in [1.54, 1.807) is 0 Å². The van der Waals surface area contributed by atoms with E-state index in [1.165, 1.54) is 45.1 Å². The van der Waals surface area contributed by atoms with Crippen molar-refractivity contribution in [2.75, 3.05) is 13.1 Å². The first-order valence-electron chi connectivity index (χ1n) is 8.11. The largest absolute Gasteiger partial charge is 0.329 e. The standard InChI is InChI=1S/C16H30N2/c1-11(2)3-16(9-17)18-10-14-5-12-4-13(6-14)8-15(18)7-12/h11-16H,3-10,17H2,1-2H3. The third-order valence-electron chi connectivity index (χ3n) is 5.63. The Labute approximate surface area is 112 Å². The maximum atomic E-state index is 6.09. The van der Waals surface area contributed by atoms with Crippen LogP contribution in [0, 0.1) is 23.7 Å². The molecule has 2 saturated carbocycles. The van der Waals surface area contributed by atoms with E-state index < -0.39 is 0 Å². The van der Waals surface area contributed by atoms with Gasteiger partial charge < -0.3 is 5.73 Å². The number of hydrogen-bond acceptors (Lipinski definition) is 2. The van der Waals surface area contributed by atoms with Crippen molar-refractivity contribution in [1.82, 2.24) is 4.90 Å². The topological polar surface area (TPSA) is 29.3 Å². The maximum Gasteiger partial charge on any atom is 0.0223 e. The summed E-state index contributed by atoms with van der Waals surface area (Å²) in [5.41, 5.74) is 6.09. The van der Waals surface area contributed by atoms with Gasteiger partial charge in [0.1, 0.15) is 0 Å². The lowest BCUT2D eigenvalue weighted by molar-refractivity contribution is 0.0891. The van der Waals surface area contributed by atoms with E-state index in [4.69, 9.17) is 5.73 Å². The van der Waals surface area contributed by atoms with Gasteiger partial charge in [-0.15, -0.1) is 0 Å². The highest BCUT2D eigenvalue weighted by atomic mass is 15.2. The monoisotopic (exact) mass is 250 g/mol. The highest BCUT2D eigenvalue weighted by Crippen LogP contribution is 2.48. The first-order chi connectivity index (χ1) is 8.65. The minimum atomic E-state index is 0.646. The lowest BCUT2D eigenvalue weighted by atomic mass is 9.68. The van der Waals surface area contributed by atoms with Gasteiger partial charge in [-0.2, -0.15) is 0 Å². The summed E-state index contributed by atoms with van der Waals surface area (Å²) in [7, 11) is 0. The third kappa shape index (κ3) is 2.46. The Balaban J connectivity index is 1.75. The molecule has 2 saturated heterocycles. The summed E-state index contributed by atoms with van der Waals surface area (Å²) < 4.78 is 0. The second-order valence-corrected chi connectivity index (χ2v) is 7.65. The quantitative estimate of drug-likeness (QED) is 0.831. The minimum Gasteiger partial charge on any atom is -0.329 e. The fourth-order valence-corrected chi connectivity index (χ4v) is 5.18. The van der Waals surface area contributed by atoms with E-state index in [1.807, 2.05) is 0 Å². The fraction of sp³-hybridized carbons (Fsp3) is 1.00. The molecule has 2 aliphatic carbocycles. The van der Waals surface area contributed by atoms with Crippen molar-refractivity contribution in [3.63, 3.8) is 0 Å². The Kier molecular flexibility index (Phi) is 3.68. The minimum absolute atomic E-state index is 0.646. The molecule has 2 N–H and O–H groups in total. The lowest BCUT2D eigenvalue weighted by Crippen LogP contribution is -2.48. The van der Waals surface area contributed by atoms with Crippen LogP contribution in [0.3, 0.4) is 0 Å². The number of nitrogens with two attached hydrogens (primary N) is 1. The van der Waals surface area contributed by atoms with Gasteiger partial charge in [-0.25, -0.2) is 0 Å². The van der Waals surface area contributed by atoms with Crippen LogP contribution in [-0.4, -0.2) is 30.1 Å². The second kappa shape index (κ2) is 5.13. The van der Waals surface area contributed by atoms with Crippen LogP contribution in [0.15, 0.2) is 0 Å². The van der Waals surface area contributed by atoms with Crippen LogP contribution >= 0.6 is 0 Å². The first-order valence-corrected chi connectivity index (χ1v) is 8.11. The van der Waals surface area contributed by atoms with Crippen LogP contribution in [0.4, 0.5) is 0 Å². The Bertz CT molecular complexity index is 275. The van der Waals surface area contributed by atoms with E-state index in [9.17, 15) is 0 Å². The van der Waals surface area contributed by atoms with E-state index in [2.05, 4.69) is 18.7 Å². The van der Waals surface area contributed by atoms with Crippen LogP contribution in [0.5, 0.6) is 0 Å². The summed E-state index contributed by atoms with van der Waals surface area (Å²) in [5, 5.41) is 0. The van der Waals surface area contributed by atoms with Gasteiger partial charge in [-0.1, -0.05) is 13.8 Å². The van der Waals surface area contributed by atoms with Gasteiger partial charge in [0, 0.05) is 25.2 Å². The van der Waals surface area contributed by atoms with Gasteiger partial charge in [0.2, 0.25) is 0 Å². The highest BCUT2D eigenvalue weighted by Gasteiger charge is 2.44. The molecule has 4 rings (SSSR count). The zero-order chi connectivity index (χ0) is 12.7. The maximum absolute atomic E-state index is 6.09. The molecule has 0 radical (unpaired) electrons. The molecular weight excluding hydrogens is 220 g/mol. The van der Waals surface area contributed by atoms with Crippen molar-refractivity contribution < 1.29 is 0 Å². The van der Waals surface area contributed by atoms with Crippen LogP contribution in [-0.2, 0) is 0 Å². The van der Waals surface area contributed by atoms with Crippen LogP contribution in [0.2, 0.25) is 0 Å². The average Bonchev–Trinajstić information content (AvgIpc) is 2.50. The third-order valence-corrected chi connectivity index (χ3v) is 5.63. The van der Waals surface area contributed by atoms with Crippen molar-refractivity contribution in [2.45, 2.75) is 64.5 Å². The Morgan fingerprint density at radius 3 is 2.17 bits per heavy atom. The number of rotatable bonds is 4. The molecule has 2 heterocycles. The molecule has 18 heavy (non-hydrogen) atoms. The molecule has 2 heteroatoms. The van der Waals surface area contributed by atoms with Crippen LogP contribution in [0.25, 0.3) is 0 Å². The van der Waals surface area contributed by atoms with Crippen molar-refractivity contribution in [3.05, 3.63) is 0 Å². The summed E-state index contributed by atoms with van der Waals surface area (Å²) in [6.07, 6.45) is 8.81. The molecule has 0 spiro atoms. The molecule has 0 amide bonds. The normalized spacial score (nSPS) is 41.3. The van der Waals surface area contributed by atoms with Crippen molar-refractivity contribution in [1.29, 1.82) is 0 Å². The number of nitrogens with zero attached hydrogens (tertiary/aromatic N) is 1. The zero-order valence-corrected chi connectivity index (χ0v) is 12.1. The summed E-state index contributed by atoms with van der Waals surface area (Å²) in [4.78, 5) is 2.84. The predicted molar refractivity (Wildman–Crippen MR) is 76.3 cm³/mol. The van der Waals surface area contributed by atoms with E-state index in [0.29, 0.717) is 6.04 Å². The zero-order valence-electron chi connectivity index (χ0n) is 12.1.